The van der Waals surface area contributed by atoms with E-state index in [1.165, 1.54) is 0 Å². The van der Waals surface area contributed by atoms with Crippen LogP contribution < -0.4 is 0 Å². The number of carbonyl (C=O) groups is 1. The number of benzene rings is 2. The summed E-state index contributed by atoms with van der Waals surface area (Å²) in [6.07, 6.45) is 0.763. The molecule has 0 aliphatic carbocycles. The maximum absolute atomic E-state index is 11.3. The molecule has 3 aromatic rings. The van der Waals surface area contributed by atoms with E-state index in [1.807, 2.05) is 60.7 Å². The van der Waals surface area contributed by atoms with Gasteiger partial charge in [0, 0.05) is 5.56 Å². The molecule has 1 heterocycles. The van der Waals surface area contributed by atoms with Crippen molar-refractivity contribution in [1.29, 1.82) is 0 Å². The zero-order valence-electron chi connectivity index (χ0n) is 11.2. The number of rotatable bonds is 4. The van der Waals surface area contributed by atoms with Crippen LogP contribution in [0.3, 0.4) is 0 Å². The monoisotopic (exact) mass is 296 g/mol. The Labute approximate surface area is 127 Å². The standard InChI is InChI=1S/C17H13ClN2O/c18-17-15(12-21)16(14-9-5-2-6-10-14)20(19-17)11-13-7-3-1-4-8-13/h1-10,12H,11H2. The fourth-order valence-corrected chi connectivity index (χ4v) is 2.55. The molecule has 4 heteroatoms. The Bertz CT molecular complexity index is 751. The lowest BCUT2D eigenvalue weighted by molar-refractivity contribution is 0.112. The zero-order chi connectivity index (χ0) is 14.7. The van der Waals surface area contributed by atoms with Crippen molar-refractivity contribution in [1.82, 2.24) is 9.78 Å². The van der Waals surface area contributed by atoms with Gasteiger partial charge in [0.15, 0.2) is 11.4 Å². The van der Waals surface area contributed by atoms with Crippen molar-refractivity contribution >= 4 is 17.9 Å². The first kappa shape index (κ1) is 13.6. The van der Waals surface area contributed by atoms with E-state index in [1.54, 1.807) is 4.68 Å². The number of aromatic nitrogens is 2. The molecule has 0 radical (unpaired) electrons. The first-order valence-electron chi connectivity index (χ1n) is 6.60. The summed E-state index contributed by atoms with van der Waals surface area (Å²) >= 11 is 6.10. The number of carbonyl (C=O) groups excluding carboxylic acids is 1. The Hall–Kier alpha value is -2.39. The third-order valence-electron chi connectivity index (χ3n) is 3.28. The molecule has 2 aromatic carbocycles. The molecule has 1 aromatic heterocycles. The molecule has 21 heavy (non-hydrogen) atoms. The molecular weight excluding hydrogens is 284 g/mol. The SMILES string of the molecule is O=Cc1c(Cl)nn(Cc2ccccc2)c1-c1ccccc1. The van der Waals surface area contributed by atoms with E-state index in [-0.39, 0.29) is 5.15 Å². The molecule has 3 nitrogen and oxygen atoms in total. The van der Waals surface area contributed by atoms with Crippen LogP contribution >= 0.6 is 11.6 Å². The summed E-state index contributed by atoms with van der Waals surface area (Å²) < 4.78 is 1.77. The van der Waals surface area contributed by atoms with Gasteiger partial charge in [-0.15, -0.1) is 0 Å². The summed E-state index contributed by atoms with van der Waals surface area (Å²) in [5, 5.41) is 4.54. The van der Waals surface area contributed by atoms with Crippen LogP contribution in [0.5, 0.6) is 0 Å². The van der Waals surface area contributed by atoms with Gasteiger partial charge in [-0.2, -0.15) is 5.10 Å². The maximum atomic E-state index is 11.3. The lowest BCUT2D eigenvalue weighted by atomic mass is 10.1. The fourth-order valence-electron chi connectivity index (χ4n) is 2.32. The Kier molecular flexibility index (Phi) is 3.84. The van der Waals surface area contributed by atoms with Crippen LogP contribution in [0.4, 0.5) is 0 Å². The highest BCUT2D eigenvalue weighted by atomic mass is 35.5. The van der Waals surface area contributed by atoms with Crippen LogP contribution in [-0.4, -0.2) is 16.1 Å². The predicted molar refractivity (Wildman–Crippen MR) is 83.6 cm³/mol. The average Bonchev–Trinajstić information content (AvgIpc) is 2.84. The second kappa shape index (κ2) is 5.94. The fraction of sp³-hybridized carbons (Fsp3) is 0.0588. The molecule has 0 atom stereocenters. The first-order valence-corrected chi connectivity index (χ1v) is 6.98. The van der Waals surface area contributed by atoms with Gasteiger partial charge in [0.25, 0.3) is 0 Å². The van der Waals surface area contributed by atoms with Crippen LogP contribution in [0.2, 0.25) is 5.15 Å². The summed E-state index contributed by atoms with van der Waals surface area (Å²) in [4.78, 5) is 11.3. The molecule has 0 saturated heterocycles. The minimum Gasteiger partial charge on any atom is -0.298 e. The number of halogens is 1. The number of nitrogens with zero attached hydrogens (tertiary/aromatic N) is 2. The van der Waals surface area contributed by atoms with E-state index in [0.29, 0.717) is 12.1 Å². The quantitative estimate of drug-likeness (QED) is 0.680. The second-order valence-corrected chi connectivity index (χ2v) is 5.04. The molecule has 3 rings (SSSR count). The van der Waals surface area contributed by atoms with E-state index in [2.05, 4.69) is 5.10 Å². The van der Waals surface area contributed by atoms with Gasteiger partial charge in [0.05, 0.1) is 17.8 Å². The van der Waals surface area contributed by atoms with Crippen molar-refractivity contribution in [2.24, 2.45) is 0 Å². The summed E-state index contributed by atoms with van der Waals surface area (Å²) in [6.45, 7) is 0.568. The summed E-state index contributed by atoms with van der Waals surface area (Å²) in [6, 6.07) is 19.6. The van der Waals surface area contributed by atoms with Crippen molar-refractivity contribution in [2.75, 3.05) is 0 Å². The van der Waals surface area contributed by atoms with Crippen molar-refractivity contribution in [3.63, 3.8) is 0 Å². The smallest absolute Gasteiger partial charge is 0.162 e. The van der Waals surface area contributed by atoms with Gasteiger partial charge in [-0.25, -0.2) is 0 Å². The number of hydrogen-bond donors (Lipinski definition) is 0. The maximum Gasteiger partial charge on any atom is 0.162 e. The van der Waals surface area contributed by atoms with E-state index in [0.717, 1.165) is 23.1 Å². The van der Waals surface area contributed by atoms with Crippen LogP contribution in [0, 0.1) is 0 Å². The summed E-state index contributed by atoms with van der Waals surface area (Å²) in [7, 11) is 0. The highest BCUT2D eigenvalue weighted by molar-refractivity contribution is 6.32. The van der Waals surface area contributed by atoms with Gasteiger partial charge in [0.2, 0.25) is 0 Å². The summed E-state index contributed by atoms with van der Waals surface area (Å²) in [5.74, 6) is 0. The normalized spacial score (nSPS) is 10.5. The third-order valence-corrected chi connectivity index (χ3v) is 3.56. The molecule has 0 spiro atoms. The van der Waals surface area contributed by atoms with Gasteiger partial charge in [-0.05, 0) is 5.56 Å². The lowest BCUT2D eigenvalue weighted by Crippen LogP contribution is -2.04. The minimum absolute atomic E-state index is 0.236. The average molecular weight is 297 g/mol. The molecule has 0 fully saturated rings. The Morgan fingerprint density at radius 2 is 1.62 bits per heavy atom. The van der Waals surface area contributed by atoms with E-state index < -0.39 is 0 Å². The van der Waals surface area contributed by atoms with Crippen molar-refractivity contribution in [3.8, 4) is 11.3 Å². The van der Waals surface area contributed by atoms with Gasteiger partial charge < -0.3 is 0 Å². The molecule has 104 valence electrons. The van der Waals surface area contributed by atoms with Crippen molar-refractivity contribution < 1.29 is 4.79 Å². The molecule has 0 saturated carbocycles. The molecule has 0 amide bonds. The molecule has 0 N–H and O–H groups in total. The van der Waals surface area contributed by atoms with E-state index >= 15 is 0 Å². The van der Waals surface area contributed by atoms with Crippen LogP contribution in [0.15, 0.2) is 60.7 Å². The predicted octanol–water partition coefficient (Wildman–Crippen LogP) is 4.06. The zero-order valence-corrected chi connectivity index (χ0v) is 12.0. The van der Waals surface area contributed by atoms with Crippen LogP contribution in [-0.2, 0) is 6.54 Å². The van der Waals surface area contributed by atoms with E-state index in [4.69, 9.17) is 11.6 Å². The molecular formula is C17H13ClN2O. The Morgan fingerprint density at radius 1 is 1.00 bits per heavy atom. The minimum atomic E-state index is 0.236. The van der Waals surface area contributed by atoms with Crippen LogP contribution in [0.25, 0.3) is 11.3 Å². The van der Waals surface area contributed by atoms with Gasteiger partial charge in [-0.1, -0.05) is 72.3 Å². The largest absolute Gasteiger partial charge is 0.298 e. The topological polar surface area (TPSA) is 34.9 Å². The number of hydrogen-bond acceptors (Lipinski definition) is 2. The van der Waals surface area contributed by atoms with Gasteiger partial charge in [0.1, 0.15) is 0 Å². The molecule has 0 aliphatic heterocycles. The third kappa shape index (κ3) is 2.73. The second-order valence-electron chi connectivity index (χ2n) is 4.68. The Balaban J connectivity index is 2.11. The Morgan fingerprint density at radius 3 is 2.24 bits per heavy atom. The summed E-state index contributed by atoms with van der Waals surface area (Å²) in [5.41, 5.74) is 3.21. The van der Waals surface area contributed by atoms with Crippen molar-refractivity contribution in [2.45, 2.75) is 6.54 Å². The molecule has 0 aliphatic rings. The van der Waals surface area contributed by atoms with Gasteiger partial charge >= 0.3 is 0 Å². The molecule has 0 bridgehead atoms. The molecule has 0 unspecified atom stereocenters. The van der Waals surface area contributed by atoms with Gasteiger partial charge in [-0.3, -0.25) is 9.48 Å². The first-order chi connectivity index (χ1) is 10.3. The van der Waals surface area contributed by atoms with E-state index in [9.17, 15) is 4.79 Å². The highest BCUT2D eigenvalue weighted by Crippen LogP contribution is 2.28. The van der Waals surface area contributed by atoms with Crippen molar-refractivity contribution in [3.05, 3.63) is 76.9 Å². The number of aldehydes is 1. The highest BCUT2D eigenvalue weighted by Gasteiger charge is 2.17. The van der Waals surface area contributed by atoms with Crippen LogP contribution in [0.1, 0.15) is 15.9 Å². The lowest BCUT2D eigenvalue weighted by Gasteiger charge is -2.08.